The number of furan rings is 1. The minimum Gasteiger partial charge on any atom is -0.461 e. The average molecular weight is 381 g/mol. The van der Waals surface area contributed by atoms with Gasteiger partial charge in [0, 0.05) is 37.2 Å². The molecule has 0 saturated carbocycles. The number of hydrogen-bond acceptors (Lipinski definition) is 5. The normalized spacial score (nSPS) is 13.1. The molecule has 0 fully saturated rings. The molecule has 1 aromatic heterocycles. The molecule has 0 bridgehead atoms. The molecule has 26 heavy (non-hydrogen) atoms. The number of aryl methyl sites for hydroxylation is 1. The first-order chi connectivity index (χ1) is 12.2. The molecule has 0 aliphatic heterocycles. The van der Waals surface area contributed by atoms with E-state index in [4.69, 9.17) is 10.2 Å². The van der Waals surface area contributed by atoms with Crippen LogP contribution in [0.3, 0.4) is 0 Å². The third-order valence-corrected chi connectivity index (χ3v) is 5.40. The summed E-state index contributed by atoms with van der Waals surface area (Å²) >= 11 is 0. The summed E-state index contributed by atoms with van der Waals surface area (Å²) in [5.41, 5.74) is 7.72. The first-order valence-corrected chi connectivity index (χ1v) is 11.0. The Bertz CT molecular complexity index is 858. The van der Waals surface area contributed by atoms with Crippen molar-refractivity contribution in [3.8, 4) is 0 Å². The van der Waals surface area contributed by atoms with E-state index in [0.29, 0.717) is 6.54 Å². The van der Waals surface area contributed by atoms with E-state index < -0.39 is 15.9 Å². The second kappa shape index (κ2) is 8.68. The molecule has 7 heteroatoms. The van der Waals surface area contributed by atoms with Crippen LogP contribution < -0.4 is 5.73 Å². The molecule has 2 rings (SSSR count). The summed E-state index contributed by atoms with van der Waals surface area (Å²) in [6.45, 7) is 2.51. The zero-order valence-electron chi connectivity index (χ0n) is 15.7. The number of fused-ring (bicyclic) bond motifs is 1. The third-order valence-electron chi connectivity index (χ3n) is 4.43. The van der Waals surface area contributed by atoms with Crippen LogP contribution in [0.15, 0.2) is 28.7 Å². The zero-order chi connectivity index (χ0) is 19.3. The zero-order valence-corrected chi connectivity index (χ0v) is 16.5. The van der Waals surface area contributed by atoms with Crippen LogP contribution in [-0.4, -0.2) is 44.3 Å². The third kappa shape index (κ3) is 5.32. The molecule has 0 aliphatic rings. The van der Waals surface area contributed by atoms with Crippen molar-refractivity contribution < 1.29 is 17.6 Å². The Kier molecular flexibility index (Phi) is 6.83. The fraction of sp³-hybridized carbons (Fsp3) is 0.526. The Morgan fingerprint density at radius 3 is 2.65 bits per heavy atom. The largest absolute Gasteiger partial charge is 0.461 e. The lowest BCUT2D eigenvalue weighted by Gasteiger charge is -2.21. The van der Waals surface area contributed by atoms with E-state index in [-0.39, 0.29) is 18.1 Å². The summed E-state index contributed by atoms with van der Waals surface area (Å²) in [7, 11) is -1.45. The molecule has 2 aromatic rings. The molecular formula is C19H28N2O4S. The monoisotopic (exact) mass is 380 g/mol. The smallest absolute Gasteiger partial charge is 0.239 e. The molecule has 0 aliphatic carbocycles. The van der Waals surface area contributed by atoms with Crippen LogP contribution >= 0.6 is 0 Å². The molecule has 1 unspecified atom stereocenters. The molecule has 1 heterocycles. The van der Waals surface area contributed by atoms with E-state index >= 15 is 0 Å². The van der Waals surface area contributed by atoms with Crippen LogP contribution in [0.25, 0.3) is 11.0 Å². The fourth-order valence-electron chi connectivity index (χ4n) is 2.92. The number of benzene rings is 1. The first-order valence-electron chi connectivity index (χ1n) is 8.90. The maximum absolute atomic E-state index is 12.5. The average Bonchev–Trinajstić information content (AvgIpc) is 2.94. The van der Waals surface area contributed by atoms with Gasteiger partial charge in [0.25, 0.3) is 0 Å². The van der Waals surface area contributed by atoms with Gasteiger partial charge in [0.1, 0.15) is 21.2 Å². The van der Waals surface area contributed by atoms with Crippen LogP contribution in [0.5, 0.6) is 0 Å². The van der Waals surface area contributed by atoms with Gasteiger partial charge in [0.2, 0.25) is 5.91 Å². The molecule has 144 valence electrons. The van der Waals surface area contributed by atoms with Crippen LogP contribution in [0.2, 0.25) is 0 Å². The summed E-state index contributed by atoms with van der Waals surface area (Å²) in [5, 5.41) is 1.00. The summed E-state index contributed by atoms with van der Waals surface area (Å²) in [6, 6.07) is 6.96. The lowest BCUT2D eigenvalue weighted by Crippen LogP contribution is -2.42. The lowest BCUT2D eigenvalue weighted by molar-refractivity contribution is -0.131. The highest BCUT2D eigenvalue weighted by molar-refractivity contribution is 7.90. The van der Waals surface area contributed by atoms with E-state index in [1.54, 1.807) is 11.9 Å². The van der Waals surface area contributed by atoms with Crippen molar-refractivity contribution in [2.75, 3.05) is 19.1 Å². The Morgan fingerprint density at radius 1 is 1.31 bits per heavy atom. The van der Waals surface area contributed by atoms with Gasteiger partial charge < -0.3 is 15.1 Å². The number of hydrogen-bond donors (Lipinski definition) is 1. The minimum atomic E-state index is -3.14. The summed E-state index contributed by atoms with van der Waals surface area (Å²) < 4.78 is 28.6. The Morgan fingerprint density at radius 2 is 2.00 bits per heavy atom. The van der Waals surface area contributed by atoms with E-state index in [1.165, 1.54) is 0 Å². The van der Waals surface area contributed by atoms with Crippen molar-refractivity contribution in [1.29, 1.82) is 0 Å². The summed E-state index contributed by atoms with van der Waals surface area (Å²) in [4.78, 5) is 14.1. The van der Waals surface area contributed by atoms with Gasteiger partial charge in [0.05, 0.1) is 11.8 Å². The Balaban J connectivity index is 2.16. The van der Waals surface area contributed by atoms with E-state index in [2.05, 4.69) is 6.92 Å². The highest BCUT2D eigenvalue weighted by atomic mass is 32.2. The van der Waals surface area contributed by atoms with Gasteiger partial charge in [-0.05, 0) is 18.9 Å². The van der Waals surface area contributed by atoms with E-state index in [9.17, 15) is 13.2 Å². The molecule has 0 radical (unpaired) electrons. The lowest BCUT2D eigenvalue weighted by atomic mass is 10.1. The minimum absolute atomic E-state index is 0.0931. The number of amides is 1. The predicted molar refractivity (Wildman–Crippen MR) is 104 cm³/mol. The molecule has 0 spiro atoms. The van der Waals surface area contributed by atoms with Gasteiger partial charge in [-0.1, -0.05) is 31.5 Å². The summed E-state index contributed by atoms with van der Waals surface area (Å²) in [5.74, 6) is 0.544. The number of likely N-dealkylation sites (N-methyl/N-ethyl adjacent to an activating group) is 1. The highest BCUT2D eigenvalue weighted by Gasteiger charge is 2.22. The predicted octanol–water partition coefficient (Wildman–Crippen LogP) is 2.50. The molecular weight excluding hydrogens is 352 g/mol. The van der Waals surface area contributed by atoms with Crippen LogP contribution in [0, 0.1) is 0 Å². The number of nitrogens with two attached hydrogens (primary N) is 1. The van der Waals surface area contributed by atoms with Gasteiger partial charge in [0.15, 0.2) is 0 Å². The van der Waals surface area contributed by atoms with Crippen molar-refractivity contribution in [1.82, 2.24) is 4.90 Å². The van der Waals surface area contributed by atoms with Gasteiger partial charge in [-0.25, -0.2) is 8.42 Å². The van der Waals surface area contributed by atoms with Gasteiger partial charge in [-0.3, -0.25) is 4.79 Å². The number of unbranched alkanes of at least 4 members (excludes halogenated alkanes) is 1. The van der Waals surface area contributed by atoms with Crippen molar-refractivity contribution in [3.63, 3.8) is 0 Å². The molecule has 2 N–H and O–H groups in total. The number of carbonyl (C=O) groups excluding carboxylic acids is 1. The number of nitrogens with zero attached hydrogens (tertiary/aromatic N) is 1. The van der Waals surface area contributed by atoms with Crippen LogP contribution in [0.4, 0.5) is 0 Å². The van der Waals surface area contributed by atoms with Crippen molar-refractivity contribution >= 4 is 26.7 Å². The van der Waals surface area contributed by atoms with Crippen LogP contribution in [0.1, 0.15) is 37.5 Å². The molecule has 6 nitrogen and oxygen atoms in total. The van der Waals surface area contributed by atoms with Gasteiger partial charge in [-0.15, -0.1) is 0 Å². The van der Waals surface area contributed by atoms with Crippen molar-refractivity contribution in [3.05, 3.63) is 35.6 Å². The van der Waals surface area contributed by atoms with Crippen molar-refractivity contribution in [2.24, 2.45) is 5.73 Å². The topological polar surface area (TPSA) is 93.6 Å². The number of carbonyl (C=O) groups is 1. The van der Waals surface area contributed by atoms with Crippen LogP contribution in [-0.2, 0) is 27.6 Å². The van der Waals surface area contributed by atoms with E-state index in [0.717, 1.165) is 47.8 Å². The molecule has 1 amide bonds. The summed E-state index contributed by atoms with van der Waals surface area (Å²) in [6.07, 6.45) is 4.16. The first kappa shape index (κ1) is 20.5. The second-order valence-corrected chi connectivity index (χ2v) is 9.08. The van der Waals surface area contributed by atoms with Crippen molar-refractivity contribution in [2.45, 2.75) is 45.2 Å². The molecule has 1 atom stereocenters. The van der Waals surface area contributed by atoms with Gasteiger partial charge in [-0.2, -0.15) is 0 Å². The second-order valence-electron chi connectivity index (χ2n) is 6.82. The SMILES string of the molecule is CCCCc1oc2ccccc2c1CN(C)C(=O)C(N)CCS(C)(=O)=O. The number of para-hydroxylation sites is 1. The Hall–Kier alpha value is -1.86. The van der Waals surface area contributed by atoms with Gasteiger partial charge >= 0.3 is 0 Å². The standard InChI is InChI=1S/C19H28N2O4S/c1-4-5-9-18-15(14-8-6-7-10-17(14)25-18)13-21(2)19(22)16(20)11-12-26(3,23)24/h6-8,10,16H,4-5,9,11-13,20H2,1-3H3. The van der Waals surface area contributed by atoms with E-state index in [1.807, 2.05) is 24.3 Å². The maximum Gasteiger partial charge on any atom is 0.239 e. The number of rotatable bonds is 9. The number of sulfone groups is 1. The fourth-order valence-corrected chi connectivity index (χ4v) is 3.61. The quantitative estimate of drug-likeness (QED) is 0.721. The molecule has 1 aromatic carbocycles. The Labute approximate surface area is 155 Å². The maximum atomic E-state index is 12.5. The molecule has 0 saturated heterocycles. The highest BCUT2D eigenvalue weighted by Crippen LogP contribution is 2.28.